The molecule has 0 fully saturated rings. The average molecular weight is 160 g/mol. The molecule has 0 spiro atoms. The van der Waals surface area contributed by atoms with Gasteiger partial charge in [0.25, 0.3) is 0 Å². The Labute approximate surface area is 108 Å². The molecular formula is C6H14N2Na2. The Morgan fingerprint density at radius 1 is 0.600 bits per heavy atom. The molecule has 0 aromatic heterocycles. The maximum atomic E-state index is 6.79. The predicted octanol–water partition coefficient (Wildman–Crippen LogP) is -3.34. The summed E-state index contributed by atoms with van der Waals surface area (Å²) in [7, 11) is 0. The molecule has 50 valence electrons. The van der Waals surface area contributed by atoms with Crippen molar-refractivity contribution in [2.45, 2.75) is 25.7 Å². The minimum Gasteiger partial charge on any atom is -0.677 e. The summed E-state index contributed by atoms with van der Waals surface area (Å²) in [6, 6.07) is 0. The molecule has 4 heteroatoms. The van der Waals surface area contributed by atoms with Crippen LogP contribution in [0.1, 0.15) is 25.7 Å². The maximum absolute atomic E-state index is 6.79. The minimum absolute atomic E-state index is 0. The van der Waals surface area contributed by atoms with Crippen LogP contribution in [0.2, 0.25) is 0 Å². The van der Waals surface area contributed by atoms with E-state index in [1.807, 2.05) is 0 Å². The van der Waals surface area contributed by atoms with Crippen LogP contribution < -0.4 is 59.1 Å². The molecule has 0 amide bonds. The largest absolute Gasteiger partial charge is 1.00 e. The van der Waals surface area contributed by atoms with E-state index in [1.54, 1.807) is 0 Å². The Balaban J connectivity index is -0.000000245. The van der Waals surface area contributed by atoms with Gasteiger partial charge in [0.2, 0.25) is 0 Å². The van der Waals surface area contributed by atoms with E-state index in [9.17, 15) is 0 Å². The molecule has 0 atom stereocenters. The van der Waals surface area contributed by atoms with Gasteiger partial charge in [-0.15, -0.1) is 0 Å². The summed E-state index contributed by atoms with van der Waals surface area (Å²) in [5.41, 5.74) is 13.6. The minimum atomic E-state index is 0. The SMILES string of the molecule is [NH-]CCCCCC[NH-].[Na+].[Na+]. The molecule has 0 aliphatic heterocycles. The standard InChI is InChI=1S/C6H14N2.2Na/c7-5-3-1-2-4-6-8;;/h7-8H,1-6H2;;/q-2;2*+1. The summed E-state index contributed by atoms with van der Waals surface area (Å²) in [6.45, 7) is 1.11. The van der Waals surface area contributed by atoms with Crippen molar-refractivity contribution in [2.75, 3.05) is 13.1 Å². The summed E-state index contributed by atoms with van der Waals surface area (Å²) in [6.07, 6.45) is 4.31. The van der Waals surface area contributed by atoms with Crippen LogP contribution in [-0.2, 0) is 0 Å². The van der Waals surface area contributed by atoms with Gasteiger partial charge in [0, 0.05) is 0 Å². The van der Waals surface area contributed by atoms with Crippen molar-refractivity contribution in [1.82, 2.24) is 0 Å². The number of unbranched alkanes of at least 4 members (excludes halogenated alkanes) is 3. The first-order valence-corrected chi connectivity index (χ1v) is 3.21. The van der Waals surface area contributed by atoms with Gasteiger partial charge in [0.1, 0.15) is 0 Å². The fourth-order valence-corrected chi connectivity index (χ4v) is 0.604. The summed E-state index contributed by atoms with van der Waals surface area (Å²) >= 11 is 0. The molecule has 0 heterocycles. The van der Waals surface area contributed by atoms with Crippen LogP contribution in [0.25, 0.3) is 11.5 Å². The zero-order chi connectivity index (χ0) is 6.24. The van der Waals surface area contributed by atoms with Gasteiger partial charge in [0.15, 0.2) is 0 Å². The molecular weight excluding hydrogens is 146 g/mol. The monoisotopic (exact) mass is 160 g/mol. The van der Waals surface area contributed by atoms with Crippen LogP contribution in [0.15, 0.2) is 0 Å². The van der Waals surface area contributed by atoms with Crippen molar-refractivity contribution >= 4 is 0 Å². The van der Waals surface area contributed by atoms with E-state index in [0.717, 1.165) is 25.7 Å². The van der Waals surface area contributed by atoms with E-state index in [4.69, 9.17) is 11.5 Å². The molecule has 0 unspecified atom stereocenters. The van der Waals surface area contributed by atoms with Gasteiger partial charge in [0.05, 0.1) is 0 Å². The molecule has 0 saturated carbocycles. The fourth-order valence-electron chi connectivity index (χ4n) is 0.604. The topological polar surface area (TPSA) is 47.6 Å². The van der Waals surface area contributed by atoms with E-state index in [2.05, 4.69) is 0 Å². The van der Waals surface area contributed by atoms with Crippen molar-refractivity contribution < 1.29 is 59.1 Å². The van der Waals surface area contributed by atoms with Crippen molar-refractivity contribution in [2.24, 2.45) is 0 Å². The molecule has 10 heavy (non-hydrogen) atoms. The number of hydrogen-bond donors (Lipinski definition) is 0. The molecule has 0 aliphatic rings. The Kier molecular flexibility index (Phi) is 30.6. The van der Waals surface area contributed by atoms with Crippen molar-refractivity contribution in [1.29, 1.82) is 0 Å². The molecule has 2 nitrogen and oxygen atoms in total. The summed E-state index contributed by atoms with van der Waals surface area (Å²) in [5, 5.41) is 0. The first kappa shape index (κ1) is 17.9. The Morgan fingerprint density at radius 2 is 0.900 bits per heavy atom. The number of hydrogen-bond acceptors (Lipinski definition) is 0. The number of nitrogens with one attached hydrogen (secondary N) is 2. The third-order valence-corrected chi connectivity index (χ3v) is 1.10. The zero-order valence-electron chi connectivity index (χ0n) is 7.24. The van der Waals surface area contributed by atoms with Crippen LogP contribution in [-0.4, -0.2) is 13.1 Å². The molecule has 2 N–H and O–H groups in total. The second-order valence-electron chi connectivity index (χ2n) is 1.91. The zero-order valence-corrected chi connectivity index (χ0v) is 11.2. The van der Waals surface area contributed by atoms with E-state index >= 15 is 0 Å². The maximum Gasteiger partial charge on any atom is 1.00 e. The van der Waals surface area contributed by atoms with Gasteiger partial charge >= 0.3 is 59.1 Å². The van der Waals surface area contributed by atoms with Crippen LogP contribution in [0.3, 0.4) is 0 Å². The molecule has 0 aromatic carbocycles. The fraction of sp³-hybridized carbons (Fsp3) is 1.00. The van der Waals surface area contributed by atoms with Crippen molar-refractivity contribution in [3.05, 3.63) is 11.5 Å². The van der Waals surface area contributed by atoms with Gasteiger partial charge < -0.3 is 11.5 Å². The normalized spacial score (nSPS) is 7.80. The van der Waals surface area contributed by atoms with Gasteiger partial charge in [-0.25, -0.2) is 0 Å². The summed E-state index contributed by atoms with van der Waals surface area (Å²) in [4.78, 5) is 0. The van der Waals surface area contributed by atoms with Crippen LogP contribution in [0.4, 0.5) is 0 Å². The van der Waals surface area contributed by atoms with Crippen molar-refractivity contribution in [3.8, 4) is 0 Å². The Morgan fingerprint density at radius 3 is 1.10 bits per heavy atom. The molecule has 0 aromatic rings. The molecule has 0 saturated heterocycles. The first-order chi connectivity index (χ1) is 3.91. The summed E-state index contributed by atoms with van der Waals surface area (Å²) < 4.78 is 0. The van der Waals surface area contributed by atoms with Gasteiger partial charge in [-0.1, -0.05) is 25.7 Å². The smallest absolute Gasteiger partial charge is 0.677 e. The molecule has 0 aliphatic carbocycles. The van der Waals surface area contributed by atoms with Crippen LogP contribution in [0, 0.1) is 0 Å². The quantitative estimate of drug-likeness (QED) is 0.298. The summed E-state index contributed by atoms with van der Waals surface area (Å²) in [5.74, 6) is 0. The third kappa shape index (κ3) is 16.5. The first-order valence-electron chi connectivity index (χ1n) is 3.21. The van der Waals surface area contributed by atoms with Gasteiger partial charge in [-0.05, 0) is 0 Å². The van der Waals surface area contributed by atoms with Crippen LogP contribution >= 0.6 is 0 Å². The Hall–Kier alpha value is 1.92. The average Bonchev–Trinajstić information content (AvgIpc) is 1.81. The van der Waals surface area contributed by atoms with E-state index < -0.39 is 0 Å². The van der Waals surface area contributed by atoms with E-state index in [0.29, 0.717) is 13.1 Å². The third-order valence-electron chi connectivity index (χ3n) is 1.10. The molecule has 0 rings (SSSR count). The van der Waals surface area contributed by atoms with Crippen molar-refractivity contribution in [3.63, 3.8) is 0 Å². The Bertz CT molecular complexity index is 38.7. The molecule has 0 bridgehead atoms. The van der Waals surface area contributed by atoms with Gasteiger partial charge in [-0.3, -0.25) is 0 Å². The molecule has 0 radical (unpaired) electrons. The van der Waals surface area contributed by atoms with E-state index in [-0.39, 0.29) is 59.1 Å². The van der Waals surface area contributed by atoms with Gasteiger partial charge in [-0.2, -0.15) is 13.1 Å². The predicted molar refractivity (Wildman–Crippen MR) is 36.8 cm³/mol. The second-order valence-corrected chi connectivity index (χ2v) is 1.91. The van der Waals surface area contributed by atoms with E-state index in [1.165, 1.54) is 0 Å². The number of rotatable bonds is 5. The van der Waals surface area contributed by atoms with Crippen LogP contribution in [0.5, 0.6) is 0 Å². The second kappa shape index (κ2) is 17.1.